The summed E-state index contributed by atoms with van der Waals surface area (Å²) in [5.74, 6) is -0.964. The highest BCUT2D eigenvalue weighted by Gasteiger charge is 2.28. The molecule has 0 atom stereocenters. The Kier molecular flexibility index (Phi) is 6.34. The first-order valence-electron chi connectivity index (χ1n) is 9.43. The van der Waals surface area contributed by atoms with Crippen LogP contribution in [0.15, 0.2) is 47.4 Å². The topological polar surface area (TPSA) is 92.8 Å². The van der Waals surface area contributed by atoms with Crippen LogP contribution < -0.4 is 5.32 Å². The summed E-state index contributed by atoms with van der Waals surface area (Å²) in [5, 5.41) is 2.70. The van der Waals surface area contributed by atoms with Crippen LogP contribution in [0.25, 0.3) is 0 Å². The van der Waals surface area contributed by atoms with Crippen LogP contribution in [0, 0.1) is 6.92 Å². The molecule has 0 saturated carbocycles. The fraction of sp³-hybridized carbons (Fsp3) is 0.333. The summed E-state index contributed by atoms with van der Waals surface area (Å²) in [6.07, 6.45) is 2.71. The van der Waals surface area contributed by atoms with Crippen LogP contribution in [-0.4, -0.2) is 44.8 Å². The number of amides is 1. The molecule has 0 radical (unpaired) electrons. The number of hydrogen-bond donors (Lipinski definition) is 1. The maximum absolute atomic E-state index is 13.0. The van der Waals surface area contributed by atoms with Gasteiger partial charge in [0.05, 0.1) is 17.6 Å². The molecule has 0 aromatic heterocycles. The molecule has 154 valence electrons. The molecule has 2 aromatic carbocycles. The molecule has 1 heterocycles. The fourth-order valence-corrected chi connectivity index (χ4v) is 5.08. The fourth-order valence-electron chi connectivity index (χ4n) is 3.31. The normalized spacial score (nSPS) is 15.0. The average molecular weight is 416 g/mol. The lowest BCUT2D eigenvalue weighted by Crippen LogP contribution is -2.36. The van der Waals surface area contributed by atoms with Gasteiger partial charge in [-0.3, -0.25) is 4.79 Å². The molecule has 0 bridgehead atoms. The van der Waals surface area contributed by atoms with Gasteiger partial charge in [0.25, 0.3) is 5.91 Å². The molecule has 7 nitrogen and oxygen atoms in total. The van der Waals surface area contributed by atoms with E-state index in [1.807, 2.05) is 0 Å². The van der Waals surface area contributed by atoms with Gasteiger partial charge in [0.2, 0.25) is 10.0 Å². The predicted octanol–water partition coefficient (Wildman–Crippen LogP) is 3.21. The summed E-state index contributed by atoms with van der Waals surface area (Å²) in [6.45, 7) is 2.72. The van der Waals surface area contributed by atoms with Crippen molar-refractivity contribution < 1.29 is 22.7 Å². The molecule has 1 fully saturated rings. The van der Waals surface area contributed by atoms with Crippen LogP contribution in [-0.2, 0) is 14.8 Å². The monoisotopic (exact) mass is 416 g/mol. The maximum atomic E-state index is 13.0. The summed E-state index contributed by atoms with van der Waals surface area (Å²) in [4.78, 5) is 24.5. The van der Waals surface area contributed by atoms with E-state index in [0.29, 0.717) is 29.9 Å². The van der Waals surface area contributed by atoms with Gasteiger partial charge in [-0.05, 0) is 55.7 Å². The van der Waals surface area contributed by atoms with Crippen molar-refractivity contribution in [3.63, 3.8) is 0 Å². The van der Waals surface area contributed by atoms with Crippen molar-refractivity contribution in [2.24, 2.45) is 0 Å². The zero-order valence-electron chi connectivity index (χ0n) is 16.5. The lowest BCUT2D eigenvalue weighted by molar-refractivity contribution is 0.0600. The Morgan fingerprint density at radius 2 is 1.72 bits per heavy atom. The van der Waals surface area contributed by atoms with Crippen molar-refractivity contribution >= 4 is 27.6 Å². The zero-order valence-corrected chi connectivity index (χ0v) is 17.3. The highest BCUT2D eigenvalue weighted by molar-refractivity contribution is 7.89. The SMILES string of the molecule is COC(=O)c1cccc(NC(=O)c2ccc(C)c(S(=O)(=O)N3CCCCC3)c2)c1. The van der Waals surface area contributed by atoms with Crippen LogP contribution in [0.4, 0.5) is 5.69 Å². The number of nitrogens with zero attached hydrogens (tertiary/aromatic N) is 1. The van der Waals surface area contributed by atoms with Gasteiger partial charge in [0.15, 0.2) is 0 Å². The maximum Gasteiger partial charge on any atom is 0.337 e. The first-order chi connectivity index (χ1) is 13.8. The molecule has 1 saturated heterocycles. The third-order valence-corrected chi connectivity index (χ3v) is 6.97. The number of esters is 1. The van der Waals surface area contributed by atoms with E-state index in [1.54, 1.807) is 37.3 Å². The second-order valence-electron chi connectivity index (χ2n) is 6.97. The van der Waals surface area contributed by atoms with Gasteiger partial charge in [-0.1, -0.05) is 18.6 Å². The first kappa shape index (κ1) is 21.0. The molecule has 29 heavy (non-hydrogen) atoms. The quantitative estimate of drug-likeness (QED) is 0.756. The molecule has 8 heteroatoms. The third kappa shape index (κ3) is 4.65. The van der Waals surface area contributed by atoms with E-state index in [-0.39, 0.29) is 10.5 Å². The smallest absolute Gasteiger partial charge is 0.337 e. The summed E-state index contributed by atoms with van der Waals surface area (Å²) >= 11 is 0. The second-order valence-corrected chi connectivity index (χ2v) is 8.88. The Labute approximate surface area is 170 Å². The molecule has 1 aliphatic rings. The van der Waals surface area contributed by atoms with Crippen molar-refractivity contribution in [3.8, 4) is 0 Å². The van der Waals surface area contributed by atoms with Crippen molar-refractivity contribution in [1.29, 1.82) is 0 Å². The molecular weight excluding hydrogens is 392 g/mol. The minimum Gasteiger partial charge on any atom is -0.465 e. The Morgan fingerprint density at radius 3 is 2.41 bits per heavy atom. The number of benzene rings is 2. The average Bonchev–Trinajstić information content (AvgIpc) is 2.74. The van der Waals surface area contributed by atoms with E-state index in [4.69, 9.17) is 0 Å². The lowest BCUT2D eigenvalue weighted by atomic mass is 10.1. The number of sulfonamides is 1. The van der Waals surface area contributed by atoms with Crippen molar-refractivity contribution in [2.45, 2.75) is 31.1 Å². The molecule has 0 spiro atoms. The largest absolute Gasteiger partial charge is 0.465 e. The van der Waals surface area contributed by atoms with Crippen molar-refractivity contribution in [1.82, 2.24) is 4.31 Å². The molecule has 3 rings (SSSR count). The Hall–Kier alpha value is -2.71. The minimum atomic E-state index is -3.65. The molecular formula is C21H24N2O5S. The van der Waals surface area contributed by atoms with E-state index in [2.05, 4.69) is 10.1 Å². The molecule has 2 aromatic rings. The number of hydrogen-bond acceptors (Lipinski definition) is 5. The van der Waals surface area contributed by atoms with Crippen molar-refractivity contribution in [3.05, 3.63) is 59.2 Å². The molecule has 1 amide bonds. The van der Waals surface area contributed by atoms with Crippen LogP contribution in [0.1, 0.15) is 45.5 Å². The van der Waals surface area contributed by atoms with Gasteiger partial charge in [-0.2, -0.15) is 4.31 Å². The Morgan fingerprint density at radius 1 is 1.00 bits per heavy atom. The minimum absolute atomic E-state index is 0.148. The summed E-state index contributed by atoms with van der Waals surface area (Å²) in [6, 6.07) is 11.0. The lowest BCUT2D eigenvalue weighted by Gasteiger charge is -2.26. The number of methoxy groups -OCH3 is 1. The number of ether oxygens (including phenoxy) is 1. The number of anilines is 1. The molecule has 0 aliphatic carbocycles. The Bertz CT molecular complexity index is 1030. The van der Waals surface area contributed by atoms with Gasteiger partial charge in [0, 0.05) is 24.3 Å². The van der Waals surface area contributed by atoms with E-state index < -0.39 is 21.9 Å². The van der Waals surface area contributed by atoms with Crippen LogP contribution >= 0.6 is 0 Å². The number of nitrogens with one attached hydrogen (secondary N) is 1. The van der Waals surface area contributed by atoms with Gasteiger partial charge in [-0.25, -0.2) is 13.2 Å². The number of aryl methyl sites for hydroxylation is 1. The predicted molar refractivity (Wildman–Crippen MR) is 110 cm³/mol. The van der Waals surface area contributed by atoms with Gasteiger partial charge in [0.1, 0.15) is 0 Å². The van der Waals surface area contributed by atoms with E-state index in [9.17, 15) is 18.0 Å². The number of rotatable bonds is 5. The third-order valence-electron chi connectivity index (χ3n) is 4.92. The van der Waals surface area contributed by atoms with Crippen LogP contribution in [0.3, 0.4) is 0 Å². The van der Waals surface area contributed by atoms with Crippen LogP contribution in [0.2, 0.25) is 0 Å². The molecule has 0 unspecified atom stereocenters. The van der Waals surface area contributed by atoms with Crippen molar-refractivity contribution in [2.75, 3.05) is 25.5 Å². The number of piperidine rings is 1. The van der Waals surface area contributed by atoms with Gasteiger partial charge in [-0.15, -0.1) is 0 Å². The van der Waals surface area contributed by atoms with Crippen LogP contribution in [0.5, 0.6) is 0 Å². The molecule has 1 aliphatic heterocycles. The molecule has 1 N–H and O–H groups in total. The Balaban J connectivity index is 1.85. The number of carbonyl (C=O) groups excluding carboxylic acids is 2. The summed E-state index contributed by atoms with van der Waals surface area (Å²) < 4.78 is 32.2. The van der Waals surface area contributed by atoms with Gasteiger partial charge < -0.3 is 10.1 Å². The van der Waals surface area contributed by atoms with E-state index in [0.717, 1.165) is 19.3 Å². The zero-order chi connectivity index (χ0) is 21.0. The highest BCUT2D eigenvalue weighted by atomic mass is 32.2. The van der Waals surface area contributed by atoms with E-state index in [1.165, 1.54) is 23.5 Å². The van der Waals surface area contributed by atoms with E-state index >= 15 is 0 Å². The second kappa shape index (κ2) is 8.75. The number of carbonyl (C=O) groups is 2. The highest BCUT2D eigenvalue weighted by Crippen LogP contribution is 2.25. The van der Waals surface area contributed by atoms with Gasteiger partial charge >= 0.3 is 5.97 Å². The summed E-state index contributed by atoms with van der Waals surface area (Å²) in [7, 11) is -2.37. The standard InChI is InChI=1S/C21H24N2O5S/c1-15-9-10-16(14-19(15)29(26,27)23-11-4-3-5-12-23)20(24)22-18-8-6-7-17(13-18)21(25)28-2/h6-10,13-14H,3-5,11-12H2,1-2H3,(H,22,24). The summed E-state index contributed by atoms with van der Waals surface area (Å²) in [5.41, 5.74) is 1.55. The first-order valence-corrected chi connectivity index (χ1v) is 10.9.